The van der Waals surface area contributed by atoms with Crippen LogP contribution in [0.1, 0.15) is 18.4 Å². The van der Waals surface area contributed by atoms with Gasteiger partial charge in [-0.05, 0) is 31.9 Å². The Labute approximate surface area is 111 Å². The van der Waals surface area contributed by atoms with Crippen LogP contribution in [0.15, 0.2) is 29.2 Å². The number of aryl methyl sites for hydroxylation is 1. The maximum absolute atomic E-state index is 11.9. The fourth-order valence-corrected chi connectivity index (χ4v) is 3.32. The highest BCUT2D eigenvalue weighted by Crippen LogP contribution is 2.48. The van der Waals surface area contributed by atoms with Gasteiger partial charge in [-0.1, -0.05) is 40.9 Å². The van der Waals surface area contributed by atoms with Crippen LogP contribution in [0.25, 0.3) is 0 Å². The maximum atomic E-state index is 11.9. The largest absolute Gasteiger partial charge is 0.299 e. The molecule has 17 heavy (non-hydrogen) atoms. The van der Waals surface area contributed by atoms with Gasteiger partial charge in [0.25, 0.3) is 10.1 Å². The Hall–Kier alpha value is -0.290. The Morgan fingerprint density at radius 3 is 2.24 bits per heavy atom. The van der Waals surface area contributed by atoms with Crippen LogP contribution in [0.2, 0.25) is 0 Å². The SMILES string of the molecule is Cc1ccc(S(=O)(=O)OC(Cl)(Cl)C2CC2)cc1. The molecule has 1 aliphatic rings. The number of hydrogen-bond acceptors (Lipinski definition) is 3. The molecule has 0 aliphatic heterocycles. The first-order valence-corrected chi connectivity index (χ1v) is 7.38. The first-order valence-electron chi connectivity index (χ1n) is 5.21. The zero-order valence-electron chi connectivity index (χ0n) is 9.19. The minimum atomic E-state index is -3.90. The van der Waals surface area contributed by atoms with Crippen molar-refractivity contribution in [2.75, 3.05) is 0 Å². The van der Waals surface area contributed by atoms with E-state index >= 15 is 0 Å². The fraction of sp³-hybridized carbons (Fsp3) is 0.455. The van der Waals surface area contributed by atoms with Crippen LogP contribution in [0.4, 0.5) is 0 Å². The Balaban J connectivity index is 2.21. The van der Waals surface area contributed by atoms with Crippen LogP contribution in [-0.2, 0) is 14.3 Å². The smallest absolute Gasteiger partial charge is 0.227 e. The highest BCUT2D eigenvalue weighted by atomic mass is 35.5. The molecule has 3 nitrogen and oxygen atoms in total. The Kier molecular flexibility index (Phi) is 3.42. The van der Waals surface area contributed by atoms with Gasteiger partial charge in [0.1, 0.15) is 0 Å². The molecule has 0 spiro atoms. The van der Waals surface area contributed by atoms with E-state index in [4.69, 9.17) is 27.4 Å². The average molecular weight is 295 g/mol. The van der Waals surface area contributed by atoms with Crippen molar-refractivity contribution in [1.29, 1.82) is 0 Å². The van der Waals surface area contributed by atoms with Gasteiger partial charge in [0, 0.05) is 5.92 Å². The third-order valence-corrected chi connectivity index (χ3v) is 4.87. The van der Waals surface area contributed by atoms with E-state index in [0.717, 1.165) is 18.4 Å². The third kappa shape index (κ3) is 3.13. The molecule has 0 aromatic heterocycles. The summed E-state index contributed by atoms with van der Waals surface area (Å²) in [5, 5.41) is 0. The molecule has 6 heteroatoms. The molecule has 0 unspecified atom stereocenters. The molecule has 0 heterocycles. The average Bonchev–Trinajstić information content (AvgIpc) is 2.99. The van der Waals surface area contributed by atoms with Gasteiger partial charge in [0.2, 0.25) is 4.52 Å². The van der Waals surface area contributed by atoms with Crippen LogP contribution >= 0.6 is 23.2 Å². The molecule has 0 amide bonds. The third-order valence-electron chi connectivity index (χ3n) is 2.58. The second-order valence-corrected chi connectivity index (χ2v) is 7.05. The standard InChI is InChI=1S/C11H12Cl2O3S/c1-8-2-6-10(7-3-8)17(14,15)16-11(12,13)9-4-5-9/h2-3,6-7,9H,4-5H2,1H3. The van der Waals surface area contributed by atoms with Crippen molar-refractivity contribution in [1.82, 2.24) is 0 Å². The Bertz CT molecular complexity index is 504. The molecule has 0 radical (unpaired) electrons. The first-order chi connectivity index (χ1) is 7.81. The monoisotopic (exact) mass is 294 g/mol. The zero-order chi connectivity index (χ0) is 12.7. The minimum absolute atomic E-state index is 0.0643. The van der Waals surface area contributed by atoms with Crippen molar-refractivity contribution in [3.05, 3.63) is 29.8 Å². The van der Waals surface area contributed by atoms with Gasteiger partial charge in [0.15, 0.2) is 0 Å². The van der Waals surface area contributed by atoms with Crippen LogP contribution in [-0.4, -0.2) is 12.9 Å². The number of benzene rings is 1. The summed E-state index contributed by atoms with van der Waals surface area (Å²) in [5.74, 6) is -0.106. The molecule has 1 aliphatic carbocycles. The van der Waals surface area contributed by atoms with E-state index in [2.05, 4.69) is 0 Å². The van der Waals surface area contributed by atoms with Crippen molar-refractivity contribution in [2.24, 2.45) is 5.92 Å². The minimum Gasteiger partial charge on any atom is -0.227 e. The van der Waals surface area contributed by atoms with Crippen LogP contribution in [0, 0.1) is 12.8 Å². The van der Waals surface area contributed by atoms with Crippen LogP contribution < -0.4 is 0 Å². The topological polar surface area (TPSA) is 43.4 Å². The molecule has 1 saturated carbocycles. The molecular formula is C11H12Cl2O3S. The highest BCUT2D eigenvalue weighted by Gasteiger charge is 2.47. The molecule has 2 rings (SSSR count). The summed E-state index contributed by atoms with van der Waals surface area (Å²) < 4.78 is 27.0. The van der Waals surface area contributed by atoms with E-state index < -0.39 is 14.6 Å². The van der Waals surface area contributed by atoms with Gasteiger partial charge in [-0.2, -0.15) is 8.42 Å². The molecule has 0 N–H and O–H groups in total. The summed E-state index contributed by atoms with van der Waals surface area (Å²) in [5.41, 5.74) is 0.967. The molecule has 0 saturated heterocycles. The van der Waals surface area contributed by atoms with E-state index in [1.54, 1.807) is 12.1 Å². The van der Waals surface area contributed by atoms with Gasteiger partial charge < -0.3 is 0 Å². The van der Waals surface area contributed by atoms with Crippen molar-refractivity contribution in [3.63, 3.8) is 0 Å². The highest BCUT2D eigenvalue weighted by molar-refractivity contribution is 7.86. The van der Waals surface area contributed by atoms with Gasteiger partial charge in [-0.15, -0.1) is 0 Å². The summed E-state index contributed by atoms with van der Waals surface area (Å²) in [6.45, 7) is 1.87. The van der Waals surface area contributed by atoms with E-state index in [9.17, 15) is 8.42 Å². The molecule has 1 aromatic carbocycles. The van der Waals surface area contributed by atoms with Crippen molar-refractivity contribution < 1.29 is 12.6 Å². The first kappa shape index (κ1) is 13.1. The summed E-state index contributed by atoms with van der Waals surface area (Å²) in [4.78, 5) is 0.0643. The number of alkyl halides is 2. The lowest BCUT2D eigenvalue weighted by Crippen LogP contribution is -2.25. The van der Waals surface area contributed by atoms with E-state index in [1.165, 1.54) is 12.1 Å². The van der Waals surface area contributed by atoms with Gasteiger partial charge in [-0.25, -0.2) is 4.18 Å². The molecule has 1 fully saturated rings. The zero-order valence-corrected chi connectivity index (χ0v) is 11.5. The normalized spacial score (nSPS) is 17.1. The predicted octanol–water partition coefficient (Wildman–Crippen LogP) is 3.24. The summed E-state index contributed by atoms with van der Waals surface area (Å²) in [6, 6.07) is 6.33. The summed E-state index contributed by atoms with van der Waals surface area (Å²) >= 11 is 11.7. The van der Waals surface area contributed by atoms with E-state index in [0.29, 0.717) is 0 Å². The van der Waals surface area contributed by atoms with Gasteiger partial charge >= 0.3 is 0 Å². The second kappa shape index (κ2) is 4.43. The van der Waals surface area contributed by atoms with E-state index in [-0.39, 0.29) is 10.8 Å². The Morgan fingerprint density at radius 2 is 1.76 bits per heavy atom. The lowest BCUT2D eigenvalue weighted by molar-refractivity contribution is 0.225. The molecule has 0 atom stereocenters. The van der Waals surface area contributed by atoms with Crippen LogP contribution in [0.5, 0.6) is 0 Å². The van der Waals surface area contributed by atoms with Crippen LogP contribution in [0.3, 0.4) is 0 Å². The summed E-state index contributed by atoms with van der Waals surface area (Å²) in [6.07, 6.45) is 1.58. The second-order valence-electron chi connectivity index (χ2n) is 4.19. The van der Waals surface area contributed by atoms with E-state index in [1.807, 2.05) is 6.92 Å². The van der Waals surface area contributed by atoms with Gasteiger partial charge in [-0.3, -0.25) is 0 Å². The lowest BCUT2D eigenvalue weighted by Gasteiger charge is -2.18. The van der Waals surface area contributed by atoms with Crippen molar-refractivity contribution in [2.45, 2.75) is 29.2 Å². The number of hydrogen-bond donors (Lipinski definition) is 0. The maximum Gasteiger partial charge on any atom is 0.299 e. The summed E-state index contributed by atoms with van der Waals surface area (Å²) in [7, 11) is -3.90. The molecule has 94 valence electrons. The molecule has 1 aromatic rings. The predicted molar refractivity (Wildman–Crippen MR) is 66.6 cm³/mol. The quantitative estimate of drug-likeness (QED) is 0.632. The van der Waals surface area contributed by atoms with Gasteiger partial charge in [0.05, 0.1) is 4.90 Å². The van der Waals surface area contributed by atoms with Crippen molar-refractivity contribution in [3.8, 4) is 0 Å². The Morgan fingerprint density at radius 1 is 1.24 bits per heavy atom. The van der Waals surface area contributed by atoms with Crippen molar-refractivity contribution >= 4 is 33.3 Å². The number of halogens is 2. The number of rotatable bonds is 4. The fourth-order valence-electron chi connectivity index (χ4n) is 1.39. The molecule has 0 bridgehead atoms. The molecular weight excluding hydrogens is 283 g/mol. The lowest BCUT2D eigenvalue weighted by atomic mass is 10.2.